The summed E-state index contributed by atoms with van der Waals surface area (Å²) in [4.78, 5) is 30.2. The van der Waals surface area contributed by atoms with Gasteiger partial charge in [0.05, 0.1) is 16.8 Å². The zero-order valence-electron chi connectivity index (χ0n) is 17.1. The summed E-state index contributed by atoms with van der Waals surface area (Å²) in [5.41, 5.74) is 3.43. The summed E-state index contributed by atoms with van der Waals surface area (Å²) in [6, 6.07) is 22.2. The van der Waals surface area contributed by atoms with Crippen LogP contribution < -0.4 is 10.6 Å². The summed E-state index contributed by atoms with van der Waals surface area (Å²) in [6.45, 7) is 0. The minimum atomic E-state index is -0.335. The molecule has 1 saturated carbocycles. The molecule has 0 aliphatic heterocycles. The summed E-state index contributed by atoms with van der Waals surface area (Å²) >= 11 is 0. The molecule has 0 radical (unpaired) electrons. The van der Waals surface area contributed by atoms with Gasteiger partial charge in [0.25, 0.3) is 11.8 Å². The third-order valence-electron chi connectivity index (χ3n) is 5.40. The Morgan fingerprint density at radius 3 is 2.44 bits per heavy atom. The summed E-state index contributed by atoms with van der Waals surface area (Å²) < 4.78 is 13.4. The van der Waals surface area contributed by atoms with Crippen LogP contribution in [-0.2, 0) is 0 Å². The quantitative estimate of drug-likeness (QED) is 0.463. The number of carbonyl (C=O) groups excluding carboxylic acids is 2. The van der Waals surface area contributed by atoms with Crippen molar-refractivity contribution in [1.82, 2.24) is 10.3 Å². The molecular formula is C26H20FN3O2. The maximum Gasteiger partial charge on any atom is 0.256 e. The molecule has 1 aromatic heterocycles. The first-order valence-electron chi connectivity index (χ1n) is 10.4. The third-order valence-corrected chi connectivity index (χ3v) is 5.40. The van der Waals surface area contributed by atoms with Gasteiger partial charge in [0.15, 0.2) is 0 Å². The number of halogens is 1. The average Bonchev–Trinajstić information content (AvgIpc) is 3.63. The summed E-state index contributed by atoms with van der Waals surface area (Å²) in [5.74, 6) is -0.790. The van der Waals surface area contributed by atoms with Gasteiger partial charge in [0.2, 0.25) is 0 Å². The minimum Gasteiger partial charge on any atom is -0.349 e. The van der Waals surface area contributed by atoms with E-state index in [1.165, 1.54) is 12.1 Å². The van der Waals surface area contributed by atoms with Gasteiger partial charge in [-0.1, -0.05) is 24.3 Å². The van der Waals surface area contributed by atoms with Gasteiger partial charge < -0.3 is 10.6 Å². The molecule has 5 nitrogen and oxygen atoms in total. The molecular weight excluding hydrogens is 405 g/mol. The molecule has 1 aliphatic rings. The molecule has 0 saturated heterocycles. The second-order valence-electron chi connectivity index (χ2n) is 7.86. The number of nitrogens with one attached hydrogen (secondary N) is 2. The van der Waals surface area contributed by atoms with E-state index in [-0.39, 0.29) is 23.7 Å². The molecule has 4 aromatic rings. The minimum absolute atomic E-state index is 0.142. The largest absolute Gasteiger partial charge is 0.349 e. The number of nitrogens with zero attached hydrogens (tertiary/aromatic N) is 1. The highest BCUT2D eigenvalue weighted by Crippen LogP contribution is 2.26. The number of para-hydroxylation sites is 1. The van der Waals surface area contributed by atoms with Crippen molar-refractivity contribution in [2.24, 2.45) is 0 Å². The molecule has 3 aromatic carbocycles. The molecule has 5 rings (SSSR count). The first-order chi connectivity index (χ1) is 15.6. The van der Waals surface area contributed by atoms with E-state index in [1.807, 2.05) is 24.3 Å². The summed E-state index contributed by atoms with van der Waals surface area (Å²) in [6.07, 6.45) is 2.02. The summed E-state index contributed by atoms with van der Waals surface area (Å²) in [5, 5.41) is 6.55. The number of rotatable bonds is 5. The van der Waals surface area contributed by atoms with Crippen molar-refractivity contribution in [1.29, 1.82) is 0 Å². The standard InChI is InChI=1S/C26H20FN3O2/c27-18-10-8-16(9-11-18)24-15-22(21-6-1-2-7-23(21)30-24)26(32)29-20-5-3-4-17(14-20)25(31)28-19-12-13-19/h1-11,14-15,19H,12-13H2,(H,28,31)(H,29,32). The summed E-state index contributed by atoms with van der Waals surface area (Å²) in [7, 11) is 0. The van der Waals surface area contributed by atoms with Crippen LogP contribution in [0.3, 0.4) is 0 Å². The van der Waals surface area contributed by atoms with Crippen molar-refractivity contribution in [2.75, 3.05) is 5.32 Å². The zero-order chi connectivity index (χ0) is 22.1. The van der Waals surface area contributed by atoms with Gasteiger partial charge >= 0.3 is 0 Å². The van der Waals surface area contributed by atoms with Gasteiger partial charge in [0.1, 0.15) is 5.82 Å². The van der Waals surface area contributed by atoms with Crippen molar-refractivity contribution in [3.8, 4) is 11.3 Å². The van der Waals surface area contributed by atoms with Gasteiger partial charge in [-0.2, -0.15) is 0 Å². The molecule has 1 aliphatic carbocycles. The topological polar surface area (TPSA) is 71.1 Å². The number of anilines is 1. The number of hydrogen-bond donors (Lipinski definition) is 2. The van der Waals surface area contributed by atoms with Crippen LogP contribution in [0.1, 0.15) is 33.6 Å². The maximum atomic E-state index is 13.4. The van der Waals surface area contributed by atoms with Crippen LogP contribution in [0.2, 0.25) is 0 Å². The highest BCUT2D eigenvalue weighted by Gasteiger charge is 2.24. The predicted octanol–water partition coefficient (Wildman–Crippen LogP) is 5.19. The lowest BCUT2D eigenvalue weighted by Gasteiger charge is -2.12. The zero-order valence-corrected chi connectivity index (χ0v) is 17.1. The number of carbonyl (C=O) groups is 2. The van der Waals surface area contributed by atoms with Crippen LogP contribution in [0.4, 0.5) is 10.1 Å². The molecule has 32 heavy (non-hydrogen) atoms. The average molecular weight is 425 g/mol. The molecule has 1 heterocycles. The van der Waals surface area contributed by atoms with E-state index in [2.05, 4.69) is 15.6 Å². The fraction of sp³-hybridized carbons (Fsp3) is 0.115. The van der Waals surface area contributed by atoms with Crippen LogP contribution in [-0.4, -0.2) is 22.8 Å². The van der Waals surface area contributed by atoms with Crippen molar-refractivity contribution < 1.29 is 14.0 Å². The maximum absolute atomic E-state index is 13.4. The smallest absolute Gasteiger partial charge is 0.256 e. The monoisotopic (exact) mass is 425 g/mol. The van der Waals surface area contributed by atoms with E-state index in [4.69, 9.17) is 0 Å². The molecule has 0 bridgehead atoms. The molecule has 0 unspecified atom stereocenters. The van der Waals surface area contributed by atoms with Crippen LogP contribution in [0.15, 0.2) is 78.9 Å². The SMILES string of the molecule is O=C(NC1CC1)c1cccc(NC(=O)c2cc(-c3ccc(F)cc3)nc3ccccc23)c1. The number of hydrogen-bond acceptors (Lipinski definition) is 3. The Balaban J connectivity index is 1.48. The number of fused-ring (bicyclic) bond motifs is 1. The van der Waals surface area contributed by atoms with Crippen LogP contribution in [0, 0.1) is 5.82 Å². The number of amides is 2. The highest BCUT2D eigenvalue weighted by atomic mass is 19.1. The van der Waals surface area contributed by atoms with Gasteiger partial charge in [-0.05, 0) is 67.4 Å². The molecule has 0 atom stereocenters. The molecule has 158 valence electrons. The van der Waals surface area contributed by atoms with Gasteiger partial charge in [-0.15, -0.1) is 0 Å². The number of benzene rings is 3. The van der Waals surface area contributed by atoms with Gasteiger partial charge in [-0.3, -0.25) is 9.59 Å². The third kappa shape index (κ3) is 4.21. The number of pyridine rings is 1. The second-order valence-corrected chi connectivity index (χ2v) is 7.86. The normalized spacial score (nSPS) is 13.0. The van der Waals surface area contributed by atoms with Crippen LogP contribution in [0.5, 0.6) is 0 Å². The molecule has 2 amide bonds. The van der Waals surface area contributed by atoms with Gasteiger partial charge in [-0.25, -0.2) is 9.37 Å². The Morgan fingerprint density at radius 1 is 0.875 bits per heavy atom. The second kappa shape index (κ2) is 8.23. The van der Waals surface area contributed by atoms with E-state index in [9.17, 15) is 14.0 Å². The first-order valence-corrected chi connectivity index (χ1v) is 10.4. The fourth-order valence-electron chi connectivity index (χ4n) is 3.56. The fourth-order valence-corrected chi connectivity index (χ4v) is 3.56. The lowest BCUT2D eigenvalue weighted by atomic mass is 10.0. The van der Waals surface area contributed by atoms with Crippen LogP contribution >= 0.6 is 0 Å². The van der Waals surface area contributed by atoms with Crippen molar-refractivity contribution >= 4 is 28.4 Å². The van der Waals surface area contributed by atoms with E-state index >= 15 is 0 Å². The van der Waals surface area contributed by atoms with Crippen molar-refractivity contribution in [2.45, 2.75) is 18.9 Å². The van der Waals surface area contributed by atoms with E-state index in [0.29, 0.717) is 39.0 Å². The molecule has 6 heteroatoms. The van der Waals surface area contributed by atoms with Gasteiger partial charge in [0, 0.05) is 28.2 Å². The van der Waals surface area contributed by atoms with E-state index < -0.39 is 0 Å². The Labute approximate surface area is 184 Å². The Bertz CT molecular complexity index is 1330. The van der Waals surface area contributed by atoms with E-state index in [1.54, 1.807) is 42.5 Å². The van der Waals surface area contributed by atoms with Crippen molar-refractivity contribution in [3.05, 3.63) is 95.8 Å². The predicted molar refractivity (Wildman–Crippen MR) is 122 cm³/mol. The lowest BCUT2D eigenvalue weighted by molar-refractivity contribution is 0.0949. The van der Waals surface area contributed by atoms with Crippen LogP contribution in [0.25, 0.3) is 22.2 Å². The molecule has 0 spiro atoms. The highest BCUT2D eigenvalue weighted by molar-refractivity contribution is 6.13. The molecule has 2 N–H and O–H groups in total. The Kier molecular flexibility index (Phi) is 5.11. The van der Waals surface area contributed by atoms with Crippen molar-refractivity contribution in [3.63, 3.8) is 0 Å². The molecule has 1 fully saturated rings. The number of aromatic nitrogens is 1. The van der Waals surface area contributed by atoms with E-state index in [0.717, 1.165) is 12.8 Å². The Hall–Kier alpha value is -4.06. The Morgan fingerprint density at radius 2 is 1.66 bits per heavy atom. The first kappa shape index (κ1) is 19.9. The lowest BCUT2D eigenvalue weighted by Crippen LogP contribution is -2.25.